The molecular formula is C22H26O2. The highest BCUT2D eigenvalue weighted by Crippen LogP contribution is 2.78. The number of hydrogen-bond acceptors (Lipinski definition) is 2. The molecule has 5 aliphatic rings. The quantitative estimate of drug-likeness (QED) is 0.627. The topological polar surface area (TPSA) is 26.3 Å². The van der Waals surface area contributed by atoms with Gasteiger partial charge in [-0.25, -0.2) is 0 Å². The average Bonchev–Trinajstić information content (AvgIpc) is 3.13. The Morgan fingerprint density at radius 3 is 2.00 bits per heavy atom. The molecule has 0 spiro atoms. The van der Waals surface area contributed by atoms with E-state index >= 15 is 0 Å². The van der Waals surface area contributed by atoms with Crippen molar-refractivity contribution in [2.75, 3.05) is 0 Å². The van der Waals surface area contributed by atoms with E-state index in [1.165, 1.54) is 22.3 Å². The summed E-state index contributed by atoms with van der Waals surface area (Å²) in [6.45, 7) is 13.3. The molecule has 1 aromatic rings. The first-order chi connectivity index (χ1) is 11.2. The van der Waals surface area contributed by atoms with Gasteiger partial charge in [0.15, 0.2) is 0 Å². The predicted molar refractivity (Wildman–Crippen MR) is 93.4 cm³/mol. The van der Waals surface area contributed by atoms with Crippen LogP contribution in [0.25, 0.3) is 0 Å². The van der Waals surface area contributed by atoms with Gasteiger partial charge >= 0.3 is 0 Å². The number of fused-ring (bicyclic) bond motifs is 6. The minimum absolute atomic E-state index is 0.0728. The SMILES string of the molecule is CC1=C(C)[C@@]2(C)[C@@H]3[C@H]([C@H]4O[C@H]3c3ccccc34)[C@]1(C)C(=O)C2(C)C. The van der Waals surface area contributed by atoms with Crippen molar-refractivity contribution in [3.8, 4) is 0 Å². The lowest BCUT2D eigenvalue weighted by atomic mass is 9.34. The Morgan fingerprint density at radius 2 is 1.42 bits per heavy atom. The van der Waals surface area contributed by atoms with Crippen molar-refractivity contribution < 1.29 is 9.53 Å². The number of allylic oxidation sites excluding steroid dienone is 2. The predicted octanol–water partition coefficient (Wildman–Crippen LogP) is 5.02. The van der Waals surface area contributed by atoms with Gasteiger partial charge in [-0.05, 0) is 31.9 Å². The molecule has 2 heteroatoms. The van der Waals surface area contributed by atoms with Gasteiger partial charge in [-0.15, -0.1) is 0 Å². The highest BCUT2D eigenvalue weighted by atomic mass is 16.5. The number of ketones is 1. The number of Topliss-reactive ketones (excluding diaryl/α,β-unsaturated/α-hetero) is 1. The second-order valence-corrected chi connectivity index (χ2v) is 9.27. The molecule has 126 valence electrons. The van der Waals surface area contributed by atoms with Gasteiger partial charge in [-0.1, -0.05) is 56.2 Å². The molecule has 2 aliphatic heterocycles. The van der Waals surface area contributed by atoms with E-state index in [-0.39, 0.29) is 29.0 Å². The highest BCUT2D eigenvalue weighted by Gasteiger charge is 2.76. The monoisotopic (exact) mass is 322 g/mol. The number of rotatable bonds is 0. The number of carbonyl (C=O) groups excluding carboxylic acids is 1. The van der Waals surface area contributed by atoms with E-state index in [0.29, 0.717) is 11.7 Å². The second-order valence-electron chi connectivity index (χ2n) is 9.27. The zero-order chi connectivity index (χ0) is 17.2. The maximum absolute atomic E-state index is 13.6. The van der Waals surface area contributed by atoms with E-state index in [0.717, 1.165) is 0 Å². The summed E-state index contributed by atoms with van der Waals surface area (Å²) in [5.41, 5.74) is 4.50. The first kappa shape index (κ1) is 14.9. The molecule has 0 N–H and O–H groups in total. The molecule has 0 radical (unpaired) electrons. The van der Waals surface area contributed by atoms with Gasteiger partial charge in [0, 0.05) is 22.7 Å². The van der Waals surface area contributed by atoms with E-state index < -0.39 is 5.41 Å². The lowest BCUT2D eigenvalue weighted by Gasteiger charge is -2.66. The van der Waals surface area contributed by atoms with Crippen LogP contribution in [0.2, 0.25) is 0 Å². The van der Waals surface area contributed by atoms with Crippen LogP contribution in [0.3, 0.4) is 0 Å². The lowest BCUT2D eigenvalue weighted by molar-refractivity contribution is -0.167. The van der Waals surface area contributed by atoms with Crippen LogP contribution in [0.5, 0.6) is 0 Å². The minimum atomic E-state index is -0.400. The summed E-state index contributed by atoms with van der Waals surface area (Å²) >= 11 is 0. The highest BCUT2D eigenvalue weighted by molar-refractivity contribution is 5.97. The molecule has 3 aliphatic carbocycles. The van der Waals surface area contributed by atoms with E-state index in [4.69, 9.17) is 4.74 Å². The van der Waals surface area contributed by atoms with Crippen molar-refractivity contribution in [2.45, 2.75) is 53.8 Å². The van der Waals surface area contributed by atoms with Crippen molar-refractivity contribution in [3.05, 3.63) is 46.5 Å². The molecule has 1 saturated carbocycles. The van der Waals surface area contributed by atoms with Gasteiger partial charge in [0.25, 0.3) is 0 Å². The third-order valence-electron chi connectivity index (χ3n) is 8.73. The third kappa shape index (κ3) is 1.16. The van der Waals surface area contributed by atoms with Crippen LogP contribution < -0.4 is 0 Å². The summed E-state index contributed by atoms with van der Waals surface area (Å²) < 4.78 is 6.56. The van der Waals surface area contributed by atoms with Crippen molar-refractivity contribution in [2.24, 2.45) is 28.1 Å². The fraction of sp³-hybridized carbons (Fsp3) is 0.591. The van der Waals surface area contributed by atoms with Crippen LogP contribution in [0, 0.1) is 28.1 Å². The van der Waals surface area contributed by atoms with Gasteiger partial charge < -0.3 is 4.74 Å². The van der Waals surface area contributed by atoms with Gasteiger partial charge in [0.05, 0.1) is 17.6 Å². The summed E-state index contributed by atoms with van der Waals surface area (Å²) in [7, 11) is 0. The van der Waals surface area contributed by atoms with Gasteiger partial charge in [0.2, 0.25) is 0 Å². The maximum Gasteiger partial charge on any atom is 0.149 e. The molecule has 4 bridgehead atoms. The normalized spacial score (nSPS) is 47.2. The van der Waals surface area contributed by atoms with Crippen molar-refractivity contribution in [3.63, 3.8) is 0 Å². The second kappa shape index (κ2) is 3.88. The Morgan fingerprint density at radius 1 is 0.875 bits per heavy atom. The van der Waals surface area contributed by atoms with E-state index in [2.05, 4.69) is 65.8 Å². The summed E-state index contributed by atoms with van der Waals surface area (Å²) in [5, 5.41) is 0. The summed E-state index contributed by atoms with van der Waals surface area (Å²) in [5.74, 6) is 1.07. The Kier molecular flexibility index (Phi) is 2.41. The molecule has 0 unspecified atom stereocenters. The average molecular weight is 322 g/mol. The molecule has 24 heavy (non-hydrogen) atoms. The van der Waals surface area contributed by atoms with Crippen LogP contribution in [0.4, 0.5) is 0 Å². The number of carbonyl (C=O) groups is 1. The summed E-state index contributed by atoms with van der Waals surface area (Å²) in [6.07, 6.45) is 0.208. The molecule has 6 atom stereocenters. The summed E-state index contributed by atoms with van der Waals surface area (Å²) in [4.78, 5) is 13.6. The van der Waals surface area contributed by atoms with E-state index in [1.54, 1.807) is 0 Å². The van der Waals surface area contributed by atoms with Crippen LogP contribution >= 0.6 is 0 Å². The Balaban J connectivity index is 1.85. The Labute approximate surface area is 144 Å². The van der Waals surface area contributed by atoms with E-state index in [1.807, 2.05) is 0 Å². The Bertz CT molecular complexity index is 832. The Hall–Kier alpha value is -1.41. The largest absolute Gasteiger partial charge is 0.365 e. The van der Waals surface area contributed by atoms with Crippen LogP contribution in [-0.4, -0.2) is 5.78 Å². The first-order valence-corrected chi connectivity index (χ1v) is 9.16. The number of ether oxygens (including phenoxy) is 1. The van der Waals surface area contributed by atoms with Crippen molar-refractivity contribution in [1.29, 1.82) is 0 Å². The molecule has 2 heterocycles. The zero-order valence-electron chi connectivity index (χ0n) is 15.4. The molecule has 2 nitrogen and oxygen atoms in total. The van der Waals surface area contributed by atoms with Gasteiger partial charge in [-0.3, -0.25) is 4.79 Å². The molecule has 1 saturated heterocycles. The van der Waals surface area contributed by atoms with Crippen molar-refractivity contribution in [1.82, 2.24) is 0 Å². The summed E-state index contributed by atoms with van der Waals surface area (Å²) in [6, 6.07) is 8.65. The van der Waals surface area contributed by atoms with Gasteiger partial charge in [0.1, 0.15) is 5.78 Å². The third-order valence-corrected chi connectivity index (χ3v) is 8.73. The maximum atomic E-state index is 13.6. The number of benzene rings is 1. The first-order valence-electron chi connectivity index (χ1n) is 9.16. The molecule has 1 aromatic carbocycles. The fourth-order valence-electron chi connectivity index (χ4n) is 6.96. The minimum Gasteiger partial charge on any atom is -0.365 e. The van der Waals surface area contributed by atoms with Crippen LogP contribution in [0.15, 0.2) is 35.4 Å². The molecule has 6 rings (SSSR count). The van der Waals surface area contributed by atoms with E-state index in [9.17, 15) is 4.79 Å². The molecule has 0 amide bonds. The fourth-order valence-corrected chi connectivity index (χ4v) is 6.96. The smallest absolute Gasteiger partial charge is 0.149 e. The van der Waals surface area contributed by atoms with Crippen LogP contribution in [0.1, 0.15) is 64.9 Å². The lowest BCUT2D eigenvalue weighted by Crippen LogP contribution is -2.67. The molecule has 2 fully saturated rings. The zero-order valence-corrected chi connectivity index (χ0v) is 15.4. The number of hydrogen-bond donors (Lipinski definition) is 0. The standard InChI is InChI=1S/C22H26O2/c1-11-12(2)22(6)16-15(21(11,5)19(23)20(22,3)4)17-13-9-7-8-10-14(13)18(16)24-17/h7-10,15-18H,1-6H3/t15-,16-,17+,18+,21-,22+/m1/s1. The van der Waals surface area contributed by atoms with Crippen LogP contribution in [-0.2, 0) is 9.53 Å². The molecule has 0 aromatic heterocycles. The molecular weight excluding hydrogens is 296 g/mol. The van der Waals surface area contributed by atoms with Gasteiger partial charge in [-0.2, -0.15) is 0 Å². The van der Waals surface area contributed by atoms with Crippen molar-refractivity contribution >= 4 is 5.78 Å².